The van der Waals surface area contributed by atoms with Crippen LogP contribution >= 0.6 is 11.3 Å². The molecule has 1 fully saturated rings. The number of hydrogen-bond acceptors (Lipinski definition) is 4. The summed E-state index contributed by atoms with van der Waals surface area (Å²) in [5.41, 5.74) is 1.10. The van der Waals surface area contributed by atoms with Crippen molar-refractivity contribution >= 4 is 11.3 Å². The van der Waals surface area contributed by atoms with Crippen molar-refractivity contribution in [3.05, 3.63) is 39.7 Å². The van der Waals surface area contributed by atoms with Gasteiger partial charge < -0.3 is 9.73 Å². The first-order chi connectivity index (χ1) is 9.67. The number of hydrogen-bond donors (Lipinski definition) is 1. The van der Waals surface area contributed by atoms with E-state index in [1.807, 2.05) is 6.92 Å². The van der Waals surface area contributed by atoms with E-state index in [4.69, 9.17) is 4.42 Å². The third-order valence-electron chi connectivity index (χ3n) is 4.02. The molecule has 2 aromatic heterocycles. The van der Waals surface area contributed by atoms with E-state index in [0.717, 1.165) is 36.1 Å². The lowest BCUT2D eigenvalue weighted by atomic mass is 10.2. The minimum atomic E-state index is 0.321. The van der Waals surface area contributed by atoms with Crippen LogP contribution in [0.3, 0.4) is 0 Å². The third-order valence-corrected chi connectivity index (χ3v) is 5.10. The Balaban J connectivity index is 1.59. The van der Waals surface area contributed by atoms with Crippen LogP contribution in [-0.2, 0) is 6.54 Å². The van der Waals surface area contributed by atoms with E-state index in [2.05, 4.69) is 41.7 Å². The Kier molecular flexibility index (Phi) is 3.94. The van der Waals surface area contributed by atoms with Crippen molar-refractivity contribution in [3.63, 3.8) is 0 Å². The van der Waals surface area contributed by atoms with Crippen molar-refractivity contribution in [3.8, 4) is 0 Å². The zero-order valence-electron chi connectivity index (χ0n) is 12.3. The van der Waals surface area contributed by atoms with Crippen LogP contribution in [0.1, 0.15) is 60.9 Å². The van der Waals surface area contributed by atoms with Crippen LogP contribution in [0.25, 0.3) is 0 Å². The van der Waals surface area contributed by atoms with E-state index in [-0.39, 0.29) is 0 Å². The first kappa shape index (κ1) is 13.8. The summed E-state index contributed by atoms with van der Waals surface area (Å²) in [5.74, 6) is 3.65. The molecule has 4 heteroatoms. The molecule has 3 nitrogen and oxygen atoms in total. The summed E-state index contributed by atoms with van der Waals surface area (Å²) >= 11 is 1.73. The van der Waals surface area contributed by atoms with Gasteiger partial charge in [-0.15, -0.1) is 11.3 Å². The fraction of sp³-hybridized carbons (Fsp3) is 0.562. The van der Waals surface area contributed by atoms with Gasteiger partial charge in [-0.1, -0.05) is 13.8 Å². The van der Waals surface area contributed by atoms with E-state index in [1.165, 1.54) is 11.4 Å². The summed E-state index contributed by atoms with van der Waals surface area (Å²) in [5, 5.41) is 6.84. The lowest BCUT2D eigenvalue weighted by Crippen LogP contribution is -2.19. The number of thiazole rings is 1. The number of furan rings is 1. The van der Waals surface area contributed by atoms with E-state index < -0.39 is 0 Å². The van der Waals surface area contributed by atoms with E-state index in [0.29, 0.717) is 12.0 Å². The molecule has 0 aromatic carbocycles. The highest BCUT2D eigenvalue weighted by atomic mass is 32.1. The molecule has 3 atom stereocenters. The van der Waals surface area contributed by atoms with Gasteiger partial charge in [-0.05, 0) is 37.8 Å². The minimum absolute atomic E-state index is 0.321. The quantitative estimate of drug-likeness (QED) is 0.856. The maximum Gasteiger partial charge on any atom is 0.117 e. The minimum Gasteiger partial charge on any atom is -0.464 e. The molecule has 20 heavy (non-hydrogen) atoms. The molecule has 2 aromatic rings. The maximum absolute atomic E-state index is 5.93. The summed E-state index contributed by atoms with van der Waals surface area (Å²) < 4.78 is 5.93. The van der Waals surface area contributed by atoms with Gasteiger partial charge in [0.2, 0.25) is 0 Å². The summed E-state index contributed by atoms with van der Waals surface area (Å²) in [4.78, 5) is 4.57. The largest absolute Gasteiger partial charge is 0.464 e. The second kappa shape index (κ2) is 5.70. The highest BCUT2D eigenvalue weighted by Crippen LogP contribution is 2.47. The molecule has 0 aliphatic heterocycles. The Morgan fingerprint density at radius 3 is 2.90 bits per heavy atom. The van der Waals surface area contributed by atoms with Crippen LogP contribution in [-0.4, -0.2) is 4.98 Å². The third kappa shape index (κ3) is 2.96. The molecule has 0 amide bonds. The van der Waals surface area contributed by atoms with Crippen LogP contribution in [0.5, 0.6) is 0 Å². The fourth-order valence-electron chi connectivity index (χ4n) is 2.57. The Labute approximate surface area is 124 Å². The molecule has 0 radical (unpaired) electrons. The smallest absolute Gasteiger partial charge is 0.117 e. The van der Waals surface area contributed by atoms with Crippen molar-refractivity contribution in [2.75, 3.05) is 0 Å². The standard InChI is InChI=1S/C16H22N2OS/c1-4-14(16-18-11(3)9-20-16)17-8-12-5-6-15(19-12)13-7-10(13)2/h5-6,9-10,13-14,17H,4,7-8H2,1-3H3. The predicted octanol–water partition coefficient (Wildman–Crippen LogP) is 4.41. The monoisotopic (exact) mass is 290 g/mol. The first-order valence-electron chi connectivity index (χ1n) is 7.41. The Morgan fingerprint density at radius 1 is 1.50 bits per heavy atom. The van der Waals surface area contributed by atoms with Gasteiger partial charge in [-0.2, -0.15) is 0 Å². The summed E-state index contributed by atoms with van der Waals surface area (Å²) in [6.45, 7) is 7.29. The van der Waals surface area contributed by atoms with Crippen LogP contribution < -0.4 is 5.32 Å². The highest BCUT2D eigenvalue weighted by molar-refractivity contribution is 7.09. The van der Waals surface area contributed by atoms with Crippen LogP contribution in [0.2, 0.25) is 0 Å². The SMILES string of the molecule is CCC(NCc1ccc(C2CC2C)o1)c1nc(C)cs1. The van der Waals surface area contributed by atoms with Gasteiger partial charge in [0.1, 0.15) is 16.5 Å². The van der Waals surface area contributed by atoms with Crippen molar-refractivity contribution in [2.24, 2.45) is 5.92 Å². The van der Waals surface area contributed by atoms with Gasteiger partial charge in [-0.3, -0.25) is 0 Å². The summed E-state index contributed by atoms with van der Waals surface area (Å²) in [7, 11) is 0. The van der Waals surface area contributed by atoms with E-state index in [9.17, 15) is 0 Å². The molecule has 2 heterocycles. The molecule has 1 aliphatic rings. The molecule has 3 rings (SSSR count). The average molecular weight is 290 g/mol. The fourth-order valence-corrected chi connectivity index (χ4v) is 3.52. The van der Waals surface area contributed by atoms with Crippen LogP contribution in [0, 0.1) is 12.8 Å². The van der Waals surface area contributed by atoms with Gasteiger partial charge in [0.05, 0.1) is 12.6 Å². The zero-order chi connectivity index (χ0) is 14.1. The number of aryl methyl sites for hydroxylation is 1. The molecular formula is C16H22N2OS. The van der Waals surface area contributed by atoms with Gasteiger partial charge in [-0.25, -0.2) is 4.98 Å². The molecule has 3 unspecified atom stereocenters. The molecule has 108 valence electrons. The summed E-state index contributed by atoms with van der Waals surface area (Å²) in [6, 6.07) is 4.56. The lowest BCUT2D eigenvalue weighted by Gasteiger charge is -2.13. The molecule has 0 saturated heterocycles. The van der Waals surface area contributed by atoms with Gasteiger partial charge >= 0.3 is 0 Å². The van der Waals surface area contributed by atoms with Gasteiger partial charge in [0.15, 0.2) is 0 Å². The Bertz CT molecular complexity index is 575. The number of nitrogens with one attached hydrogen (secondary N) is 1. The molecule has 0 bridgehead atoms. The topological polar surface area (TPSA) is 38.1 Å². The molecule has 1 saturated carbocycles. The number of rotatable bonds is 6. The zero-order valence-corrected chi connectivity index (χ0v) is 13.2. The van der Waals surface area contributed by atoms with Crippen LogP contribution in [0.15, 0.2) is 21.9 Å². The Morgan fingerprint density at radius 2 is 2.30 bits per heavy atom. The predicted molar refractivity (Wildman–Crippen MR) is 82.0 cm³/mol. The first-order valence-corrected chi connectivity index (χ1v) is 8.29. The number of nitrogens with zero attached hydrogens (tertiary/aromatic N) is 1. The highest BCUT2D eigenvalue weighted by Gasteiger charge is 2.36. The van der Waals surface area contributed by atoms with Gasteiger partial charge in [0.25, 0.3) is 0 Å². The van der Waals surface area contributed by atoms with Gasteiger partial charge in [0, 0.05) is 17.0 Å². The molecule has 0 spiro atoms. The normalized spacial score (nSPS) is 22.9. The van der Waals surface area contributed by atoms with Crippen molar-refractivity contribution < 1.29 is 4.42 Å². The molecule has 1 aliphatic carbocycles. The van der Waals surface area contributed by atoms with Crippen molar-refractivity contribution in [1.29, 1.82) is 0 Å². The second-order valence-corrected chi connectivity index (χ2v) is 6.68. The van der Waals surface area contributed by atoms with E-state index >= 15 is 0 Å². The number of aromatic nitrogens is 1. The van der Waals surface area contributed by atoms with Crippen molar-refractivity contribution in [2.45, 2.75) is 52.1 Å². The van der Waals surface area contributed by atoms with Crippen molar-refractivity contribution in [1.82, 2.24) is 10.3 Å². The summed E-state index contributed by atoms with van der Waals surface area (Å²) in [6.07, 6.45) is 2.32. The maximum atomic E-state index is 5.93. The Hall–Kier alpha value is -1.13. The average Bonchev–Trinajstić information content (AvgIpc) is 2.84. The van der Waals surface area contributed by atoms with E-state index in [1.54, 1.807) is 11.3 Å². The lowest BCUT2D eigenvalue weighted by molar-refractivity contribution is 0.419. The van der Waals surface area contributed by atoms with Crippen LogP contribution in [0.4, 0.5) is 0 Å². The second-order valence-electron chi connectivity index (χ2n) is 5.79. The molecular weight excluding hydrogens is 268 g/mol. The molecule has 1 N–H and O–H groups in total.